The van der Waals surface area contributed by atoms with Crippen LogP contribution >= 0.6 is 0 Å². The molecule has 1 N–H and O–H groups in total. The summed E-state index contributed by atoms with van der Waals surface area (Å²) < 4.78 is 0. The van der Waals surface area contributed by atoms with Crippen molar-refractivity contribution in [3.05, 3.63) is 0 Å². The molecule has 0 radical (unpaired) electrons. The van der Waals surface area contributed by atoms with Crippen LogP contribution in [-0.4, -0.2) is 23.2 Å². The van der Waals surface area contributed by atoms with E-state index in [0.717, 1.165) is 0 Å². The molecular formula is C7H9NaO7. The quantitative estimate of drug-likeness (QED) is 0.224. The van der Waals surface area contributed by atoms with Crippen molar-refractivity contribution in [3.8, 4) is 0 Å². The summed E-state index contributed by atoms with van der Waals surface area (Å²) in [6, 6.07) is 0. The third-order valence-electron chi connectivity index (χ3n) is 1.22. The minimum absolute atomic E-state index is 0. The molecule has 80 valence electrons. The molecule has 0 atom stereocenters. The molecule has 0 aromatic carbocycles. The van der Waals surface area contributed by atoms with Crippen LogP contribution in [0.5, 0.6) is 0 Å². The molecular weight excluding hydrogens is 219 g/mol. The zero-order valence-corrected chi connectivity index (χ0v) is 10.2. The summed E-state index contributed by atoms with van der Waals surface area (Å²) in [4.78, 5) is 37.6. The average molecular weight is 228 g/mol. The van der Waals surface area contributed by atoms with Gasteiger partial charge in [0.15, 0.2) is 0 Å². The smallest absolute Gasteiger partial charge is 0.550 e. The van der Waals surface area contributed by atoms with Crippen LogP contribution in [-0.2, 0) is 19.4 Å². The Morgan fingerprint density at radius 3 is 2.07 bits per heavy atom. The van der Waals surface area contributed by atoms with E-state index in [9.17, 15) is 19.5 Å². The first-order chi connectivity index (χ1) is 6.52. The standard InChI is InChI=1S/C7H10O7.Na/c8-5(9)3-1-2-4-6(10)13-14-7(11)12;/h1-4H2,(H,8,9)(H,11,12);/q;+1/p-1. The molecule has 0 fully saturated rings. The molecule has 0 amide bonds. The van der Waals surface area contributed by atoms with E-state index in [4.69, 9.17) is 5.11 Å². The fourth-order valence-corrected chi connectivity index (χ4v) is 0.662. The fraction of sp³-hybridized carbons (Fsp3) is 0.571. The molecule has 8 heteroatoms. The molecule has 0 saturated heterocycles. The van der Waals surface area contributed by atoms with Gasteiger partial charge in [0.25, 0.3) is 0 Å². The van der Waals surface area contributed by atoms with E-state index in [1.54, 1.807) is 0 Å². The molecule has 0 bridgehead atoms. The van der Waals surface area contributed by atoms with E-state index in [2.05, 4.69) is 9.78 Å². The number of unbranched alkanes of at least 4 members (excludes halogenated alkanes) is 1. The van der Waals surface area contributed by atoms with Crippen molar-refractivity contribution in [1.82, 2.24) is 0 Å². The summed E-state index contributed by atoms with van der Waals surface area (Å²) in [7, 11) is 0. The Balaban J connectivity index is 0. The van der Waals surface area contributed by atoms with Crippen molar-refractivity contribution in [2.45, 2.75) is 25.7 Å². The van der Waals surface area contributed by atoms with Crippen molar-refractivity contribution in [2.75, 3.05) is 0 Å². The summed E-state index contributed by atoms with van der Waals surface area (Å²) in [5.74, 6) is -2.05. The molecule has 7 nitrogen and oxygen atoms in total. The topological polar surface area (TPSA) is 113 Å². The summed E-state index contributed by atoms with van der Waals surface area (Å²) in [6.07, 6.45) is -1.42. The summed E-state index contributed by atoms with van der Waals surface area (Å²) in [5, 5.41) is 17.9. The molecule has 0 heterocycles. The second-order valence-corrected chi connectivity index (χ2v) is 2.38. The predicted molar refractivity (Wildman–Crippen MR) is 38.7 cm³/mol. The second-order valence-electron chi connectivity index (χ2n) is 2.38. The van der Waals surface area contributed by atoms with Crippen molar-refractivity contribution >= 4 is 18.1 Å². The predicted octanol–water partition coefficient (Wildman–Crippen LogP) is -3.55. The van der Waals surface area contributed by atoms with Crippen molar-refractivity contribution in [2.24, 2.45) is 0 Å². The van der Waals surface area contributed by atoms with Gasteiger partial charge < -0.3 is 15.0 Å². The fourth-order valence-electron chi connectivity index (χ4n) is 0.662. The molecule has 0 aromatic rings. The van der Waals surface area contributed by atoms with E-state index in [1.807, 2.05) is 0 Å². The zero-order valence-electron chi connectivity index (χ0n) is 8.23. The number of carbonyl (C=O) groups excluding carboxylic acids is 2. The van der Waals surface area contributed by atoms with E-state index >= 15 is 0 Å². The van der Waals surface area contributed by atoms with Gasteiger partial charge in [-0.2, -0.15) is 0 Å². The van der Waals surface area contributed by atoms with Gasteiger partial charge in [-0.15, -0.1) is 0 Å². The number of aliphatic carboxylic acids is 1. The van der Waals surface area contributed by atoms with E-state index in [1.165, 1.54) is 0 Å². The van der Waals surface area contributed by atoms with Crippen LogP contribution in [0.25, 0.3) is 0 Å². The van der Waals surface area contributed by atoms with Crippen LogP contribution in [0.3, 0.4) is 0 Å². The van der Waals surface area contributed by atoms with Crippen LogP contribution in [0.1, 0.15) is 25.7 Å². The molecule has 0 rings (SSSR count). The van der Waals surface area contributed by atoms with Gasteiger partial charge in [0, 0.05) is 5.97 Å². The third-order valence-corrected chi connectivity index (χ3v) is 1.22. The first kappa shape index (κ1) is 16.6. The Labute approximate surface area is 108 Å². The van der Waals surface area contributed by atoms with Gasteiger partial charge in [0.1, 0.15) is 0 Å². The van der Waals surface area contributed by atoms with Crippen LogP contribution < -0.4 is 34.7 Å². The first-order valence-electron chi connectivity index (χ1n) is 3.82. The van der Waals surface area contributed by atoms with E-state index in [0.29, 0.717) is 0 Å². The zero-order chi connectivity index (χ0) is 11.0. The average Bonchev–Trinajstić information content (AvgIpc) is 2.08. The maximum absolute atomic E-state index is 10.6. The normalized spacial score (nSPS) is 8.53. The van der Waals surface area contributed by atoms with Crippen LogP contribution in [0.15, 0.2) is 0 Å². The number of carboxylic acid groups (broad SMARTS) is 2. The van der Waals surface area contributed by atoms with Gasteiger partial charge in [-0.1, -0.05) is 0 Å². The van der Waals surface area contributed by atoms with Gasteiger partial charge in [0.05, 0.1) is 6.42 Å². The third kappa shape index (κ3) is 13.2. The second kappa shape index (κ2) is 9.75. The molecule has 0 aliphatic heterocycles. The monoisotopic (exact) mass is 228 g/mol. The summed E-state index contributed by atoms with van der Waals surface area (Å²) >= 11 is 0. The Kier molecular flexibility index (Phi) is 10.8. The van der Waals surface area contributed by atoms with Gasteiger partial charge in [-0.25, -0.2) is 19.4 Å². The van der Waals surface area contributed by atoms with Crippen LogP contribution in [0.4, 0.5) is 4.79 Å². The van der Waals surface area contributed by atoms with E-state index in [-0.39, 0.29) is 55.2 Å². The first-order valence-corrected chi connectivity index (χ1v) is 3.82. The van der Waals surface area contributed by atoms with Crippen LogP contribution in [0, 0.1) is 0 Å². The molecule has 0 aliphatic rings. The van der Waals surface area contributed by atoms with Gasteiger partial charge in [-0.3, -0.25) is 0 Å². The van der Waals surface area contributed by atoms with Crippen molar-refractivity contribution in [3.63, 3.8) is 0 Å². The molecule has 0 spiro atoms. The van der Waals surface area contributed by atoms with E-state index < -0.39 is 18.1 Å². The molecule has 0 unspecified atom stereocenters. The molecule has 0 aliphatic carbocycles. The SMILES string of the molecule is O=C([O-])CCCCC(=O)OOC(=O)O.[Na+]. The Morgan fingerprint density at radius 2 is 1.60 bits per heavy atom. The van der Waals surface area contributed by atoms with Gasteiger partial charge in [0.2, 0.25) is 0 Å². The summed E-state index contributed by atoms with van der Waals surface area (Å²) in [6.45, 7) is 0. The number of carboxylic acids is 1. The van der Waals surface area contributed by atoms with Gasteiger partial charge >= 0.3 is 41.7 Å². The largest absolute Gasteiger partial charge is 1.00 e. The number of rotatable bonds is 5. The van der Waals surface area contributed by atoms with Crippen molar-refractivity contribution in [1.29, 1.82) is 0 Å². The van der Waals surface area contributed by atoms with Gasteiger partial charge in [-0.05, 0) is 19.3 Å². The number of hydrogen-bond acceptors (Lipinski definition) is 6. The minimum atomic E-state index is -1.71. The Morgan fingerprint density at radius 1 is 1.07 bits per heavy atom. The number of hydrogen-bond donors (Lipinski definition) is 1. The van der Waals surface area contributed by atoms with Crippen LogP contribution in [0.2, 0.25) is 0 Å². The molecule has 0 saturated carbocycles. The molecule has 15 heavy (non-hydrogen) atoms. The van der Waals surface area contributed by atoms with Crippen molar-refractivity contribution < 1.29 is 63.9 Å². The maximum Gasteiger partial charge on any atom is 1.00 e. The Bertz CT molecular complexity index is 227. The Hall–Kier alpha value is -0.790. The molecule has 0 aromatic heterocycles. The minimum Gasteiger partial charge on any atom is -0.550 e. The maximum atomic E-state index is 10.6. The number of carbonyl (C=O) groups is 3. The summed E-state index contributed by atoms with van der Waals surface area (Å²) in [5.41, 5.74) is 0.